The molecule has 6 heteroatoms. The van der Waals surface area contributed by atoms with E-state index in [2.05, 4.69) is 65.0 Å². The van der Waals surface area contributed by atoms with Gasteiger partial charge in [0, 0.05) is 17.0 Å². The first-order chi connectivity index (χ1) is 21.6. The summed E-state index contributed by atoms with van der Waals surface area (Å²) < 4.78 is 5.61. The van der Waals surface area contributed by atoms with Gasteiger partial charge in [0.1, 0.15) is 5.69 Å². The molecule has 7 rings (SSSR count). The van der Waals surface area contributed by atoms with Gasteiger partial charge in [-0.3, -0.25) is 4.79 Å². The molecule has 1 aromatic carbocycles. The average molecular weight is 647 g/mol. The van der Waals surface area contributed by atoms with Gasteiger partial charge in [0.25, 0.3) is 0 Å². The molecular formula is C40H55ClN2O3. The van der Waals surface area contributed by atoms with Crippen LogP contribution in [0, 0.1) is 50.2 Å². The third-order valence-corrected chi connectivity index (χ3v) is 15.8. The maximum absolute atomic E-state index is 14.0. The molecule has 5 aliphatic carbocycles. The summed E-state index contributed by atoms with van der Waals surface area (Å²) in [7, 11) is 0. The first-order valence-electron chi connectivity index (χ1n) is 17.9. The lowest BCUT2D eigenvalue weighted by atomic mass is 9.33. The topological polar surface area (TPSA) is 75.4 Å². The van der Waals surface area contributed by atoms with Gasteiger partial charge in [-0.25, -0.2) is 0 Å². The van der Waals surface area contributed by atoms with Gasteiger partial charge < -0.3 is 14.9 Å². The number of aliphatic hydroxyl groups is 1. The Labute approximate surface area is 281 Å². The summed E-state index contributed by atoms with van der Waals surface area (Å²) >= 11 is 6.38. The number of halogens is 1. The van der Waals surface area contributed by atoms with E-state index in [1.165, 1.54) is 25.7 Å². The highest BCUT2D eigenvalue weighted by Gasteiger charge is 2.68. The minimum atomic E-state index is -0.431. The zero-order chi connectivity index (χ0) is 32.9. The number of aromatic nitrogens is 1. The first-order valence-corrected chi connectivity index (χ1v) is 18.3. The molecule has 250 valence electrons. The lowest BCUT2D eigenvalue weighted by Crippen LogP contribution is -2.64. The van der Waals surface area contributed by atoms with Crippen LogP contribution in [0.15, 0.2) is 46.5 Å². The summed E-state index contributed by atoms with van der Waals surface area (Å²) in [6.07, 6.45) is 13.5. The SMILES string of the molecule is CC1(C)C2CC[C@]3(C)C(CC=C4[C@@H]5C[C@@](C)(C(=O)NCc6cc(-c7ccccc7Cl)no6)CC[C@]5(C)CC[C@@]43C)[C@@]2(C)CC[C@@H]1O. The van der Waals surface area contributed by atoms with Crippen molar-refractivity contribution >= 4 is 17.5 Å². The molecule has 0 aliphatic heterocycles. The molecule has 2 N–H and O–H groups in total. The molecule has 9 atom stereocenters. The molecule has 5 nitrogen and oxygen atoms in total. The number of rotatable bonds is 4. The van der Waals surface area contributed by atoms with Crippen LogP contribution in [0.4, 0.5) is 0 Å². The van der Waals surface area contributed by atoms with E-state index in [0.29, 0.717) is 40.8 Å². The number of hydrogen-bond acceptors (Lipinski definition) is 4. The van der Waals surface area contributed by atoms with Gasteiger partial charge in [-0.1, -0.05) is 95.1 Å². The summed E-state index contributed by atoms with van der Waals surface area (Å²) in [6, 6.07) is 9.47. The number of amides is 1. The van der Waals surface area contributed by atoms with Gasteiger partial charge in [0.05, 0.1) is 17.7 Å². The fourth-order valence-corrected chi connectivity index (χ4v) is 12.4. The molecule has 2 aromatic rings. The molecular weight excluding hydrogens is 592 g/mol. The van der Waals surface area contributed by atoms with Crippen LogP contribution < -0.4 is 5.32 Å². The van der Waals surface area contributed by atoms with Crippen molar-refractivity contribution in [3.8, 4) is 11.3 Å². The number of aliphatic hydroxyl groups excluding tert-OH is 1. The lowest BCUT2D eigenvalue weighted by Gasteiger charge is -2.71. The van der Waals surface area contributed by atoms with Gasteiger partial charge in [-0.2, -0.15) is 0 Å². The Morgan fingerprint density at radius 3 is 2.48 bits per heavy atom. The van der Waals surface area contributed by atoms with Gasteiger partial charge in [0.15, 0.2) is 5.76 Å². The number of carbonyl (C=O) groups excluding carboxylic acids is 1. The van der Waals surface area contributed by atoms with E-state index in [1.807, 2.05) is 30.3 Å². The number of benzene rings is 1. The number of nitrogens with zero attached hydrogens (tertiary/aromatic N) is 1. The second kappa shape index (κ2) is 10.7. The molecule has 0 bridgehead atoms. The molecule has 2 unspecified atom stereocenters. The van der Waals surface area contributed by atoms with Crippen molar-refractivity contribution in [1.29, 1.82) is 0 Å². The van der Waals surface area contributed by atoms with E-state index in [9.17, 15) is 9.90 Å². The molecule has 5 aliphatic rings. The van der Waals surface area contributed by atoms with E-state index in [-0.39, 0.29) is 39.1 Å². The van der Waals surface area contributed by atoms with Crippen LogP contribution in [0.1, 0.15) is 118 Å². The van der Waals surface area contributed by atoms with Crippen LogP contribution in [0.3, 0.4) is 0 Å². The largest absolute Gasteiger partial charge is 0.393 e. The summed E-state index contributed by atoms with van der Waals surface area (Å²) in [5.74, 6) is 2.35. The molecule has 1 aromatic heterocycles. The van der Waals surface area contributed by atoms with Crippen LogP contribution in [-0.2, 0) is 11.3 Å². The van der Waals surface area contributed by atoms with Gasteiger partial charge in [0.2, 0.25) is 5.91 Å². The Morgan fingerprint density at radius 2 is 1.72 bits per heavy atom. The predicted molar refractivity (Wildman–Crippen MR) is 184 cm³/mol. The minimum absolute atomic E-state index is 0.0369. The molecule has 1 amide bonds. The van der Waals surface area contributed by atoms with Gasteiger partial charge in [-0.15, -0.1) is 0 Å². The maximum Gasteiger partial charge on any atom is 0.226 e. The monoisotopic (exact) mass is 646 g/mol. The normalized spacial score (nSPS) is 42.9. The summed E-state index contributed by atoms with van der Waals surface area (Å²) in [4.78, 5) is 14.0. The van der Waals surface area contributed by atoms with Crippen molar-refractivity contribution in [2.75, 3.05) is 0 Å². The van der Waals surface area contributed by atoms with Crippen molar-refractivity contribution in [3.63, 3.8) is 0 Å². The molecule has 46 heavy (non-hydrogen) atoms. The van der Waals surface area contributed by atoms with E-state index in [0.717, 1.165) is 44.1 Å². The summed E-state index contributed by atoms with van der Waals surface area (Å²) in [6.45, 7) is 17.5. The number of allylic oxidation sites excluding steroid dienone is 2. The first kappa shape index (κ1) is 32.4. The molecule has 1 heterocycles. The van der Waals surface area contributed by atoms with Crippen molar-refractivity contribution in [3.05, 3.63) is 52.8 Å². The Bertz CT molecular complexity index is 1560. The number of carbonyl (C=O) groups is 1. The van der Waals surface area contributed by atoms with Crippen LogP contribution in [0.25, 0.3) is 11.3 Å². The van der Waals surface area contributed by atoms with Gasteiger partial charge in [-0.05, 0) is 115 Å². The number of hydrogen-bond donors (Lipinski definition) is 2. The third kappa shape index (κ3) is 4.56. The van der Waals surface area contributed by atoms with Crippen molar-refractivity contribution in [2.24, 2.45) is 50.2 Å². The zero-order valence-corrected chi connectivity index (χ0v) is 29.9. The Kier molecular flexibility index (Phi) is 7.54. The minimum Gasteiger partial charge on any atom is -0.393 e. The van der Waals surface area contributed by atoms with Crippen molar-refractivity contribution in [1.82, 2.24) is 10.5 Å². The average Bonchev–Trinajstić information content (AvgIpc) is 3.48. The smallest absolute Gasteiger partial charge is 0.226 e. The summed E-state index contributed by atoms with van der Waals surface area (Å²) in [5, 5.41) is 19.1. The fourth-order valence-electron chi connectivity index (χ4n) is 12.1. The third-order valence-electron chi connectivity index (χ3n) is 15.5. The second-order valence-corrected chi connectivity index (χ2v) is 18.4. The Balaban J connectivity index is 1.12. The van der Waals surface area contributed by atoms with Crippen LogP contribution in [-0.4, -0.2) is 22.3 Å². The van der Waals surface area contributed by atoms with Crippen molar-refractivity contribution < 1.29 is 14.4 Å². The highest BCUT2D eigenvalue weighted by Crippen LogP contribution is 2.75. The van der Waals surface area contributed by atoms with E-state index in [1.54, 1.807) is 5.57 Å². The molecule has 0 spiro atoms. The van der Waals surface area contributed by atoms with Gasteiger partial charge >= 0.3 is 0 Å². The highest BCUT2D eigenvalue weighted by atomic mass is 35.5. The van der Waals surface area contributed by atoms with Crippen LogP contribution in [0.2, 0.25) is 5.02 Å². The summed E-state index contributed by atoms with van der Waals surface area (Å²) in [5.41, 5.74) is 3.55. The zero-order valence-electron chi connectivity index (χ0n) is 29.1. The van der Waals surface area contributed by atoms with E-state index in [4.69, 9.17) is 16.1 Å². The Morgan fingerprint density at radius 1 is 0.978 bits per heavy atom. The predicted octanol–water partition coefficient (Wildman–Crippen LogP) is 9.77. The van der Waals surface area contributed by atoms with Crippen molar-refractivity contribution in [2.45, 2.75) is 125 Å². The number of nitrogens with one attached hydrogen (secondary N) is 1. The Hall–Kier alpha value is -2.11. The van der Waals surface area contributed by atoms with E-state index < -0.39 is 5.41 Å². The molecule has 0 saturated heterocycles. The quantitative estimate of drug-likeness (QED) is 0.324. The molecule has 0 radical (unpaired) electrons. The standard InChI is InChI=1S/C40H55ClN2O3/c1-35(2)31-14-17-40(7)32(38(31,5)16-15-33(35)44)13-12-27-28-23-37(4,19-18-36(28,3)20-21-39(27,40)6)34(45)42-24-25-22-30(43-46-25)26-10-8-9-11-29(26)41/h8-12,22,28,31-33,44H,13-21,23-24H2,1-7H3,(H,42,45)/t28-,31?,32?,33-,36+,37-,38-,39-,40+/m0/s1. The van der Waals surface area contributed by atoms with Crippen LogP contribution in [0.5, 0.6) is 0 Å². The second-order valence-electron chi connectivity index (χ2n) is 18.0. The highest BCUT2D eigenvalue weighted by molar-refractivity contribution is 6.33. The van der Waals surface area contributed by atoms with Crippen LogP contribution >= 0.6 is 11.6 Å². The molecule has 4 saturated carbocycles. The lowest BCUT2D eigenvalue weighted by molar-refractivity contribution is -0.203. The van der Waals surface area contributed by atoms with E-state index >= 15 is 0 Å². The number of fused-ring (bicyclic) bond motifs is 7. The maximum atomic E-state index is 14.0. The molecule has 4 fully saturated rings. The fraction of sp³-hybridized carbons (Fsp3) is 0.700.